The third-order valence-corrected chi connectivity index (χ3v) is 5.99. The van der Waals surface area contributed by atoms with E-state index in [1.807, 2.05) is 26.0 Å². The first-order chi connectivity index (χ1) is 14.9. The van der Waals surface area contributed by atoms with Crippen molar-refractivity contribution in [2.75, 3.05) is 36.5 Å². The first kappa shape index (κ1) is 21.2. The number of hydrogen-bond acceptors (Lipinski definition) is 7. The van der Waals surface area contributed by atoms with Crippen LogP contribution in [0.25, 0.3) is 0 Å². The molecule has 2 aliphatic heterocycles. The topological polar surface area (TPSA) is 79.8 Å². The van der Waals surface area contributed by atoms with Crippen LogP contribution >= 0.6 is 0 Å². The van der Waals surface area contributed by atoms with Crippen LogP contribution in [0.3, 0.4) is 0 Å². The van der Waals surface area contributed by atoms with E-state index < -0.39 is 0 Å². The molecule has 8 nitrogen and oxygen atoms in total. The minimum atomic E-state index is -0.224. The van der Waals surface area contributed by atoms with Crippen LogP contribution in [0.2, 0.25) is 0 Å². The predicted octanol–water partition coefficient (Wildman–Crippen LogP) is 4.05. The second-order valence-corrected chi connectivity index (χ2v) is 8.44. The molecule has 0 atom stereocenters. The molecule has 1 aromatic carbocycles. The highest BCUT2D eigenvalue weighted by atomic mass is 16.6. The summed E-state index contributed by atoms with van der Waals surface area (Å²) in [5.74, 6) is 2.19. The fourth-order valence-corrected chi connectivity index (χ4v) is 4.15. The van der Waals surface area contributed by atoms with Crippen LogP contribution < -0.4 is 15.0 Å². The molecule has 2 aliphatic rings. The van der Waals surface area contributed by atoms with E-state index in [-0.39, 0.29) is 12.2 Å². The molecule has 1 aromatic heterocycles. The number of benzene rings is 1. The number of fused-ring (bicyclic) bond motifs is 1. The van der Waals surface area contributed by atoms with Crippen molar-refractivity contribution in [3.63, 3.8) is 0 Å². The van der Waals surface area contributed by atoms with E-state index in [1.165, 1.54) is 11.1 Å². The summed E-state index contributed by atoms with van der Waals surface area (Å²) >= 11 is 0. The summed E-state index contributed by atoms with van der Waals surface area (Å²) in [6.45, 7) is 10.7. The Labute approximate surface area is 183 Å². The van der Waals surface area contributed by atoms with Gasteiger partial charge in [0.25, 0.3) is 0 Å². The van der Waals surface area contributed by atoms with Gasteiger partial charge in [0.05, 0.1) is 12.6 Å². The summed E-state index contributed by atoms with van der Waals surface area (Å²) in [5.41, 5.74) is 3.42. The lowest BCUT2D eigenvalue weighted by Gasteiger charge is -2.41. The van der Waals surface area contributed by atoms with E-state index >= 15 is 0 Å². The standard InChI is InChI=1S/C23H31N5O3/c1-15(2)31-23(29)27-10-8-18(9-11-27)28-12-13-30-20-21(24-14-25-22(20)28)26-19-7-5-6-16(3)17(19)4/h5-7,14-15,18H,8-13H2,1-4H3,(H,24,25,26). The number of ether oxygens (including phenoxy) is 2. The normalized spacial score (nSPS) is 16.7. The molecule has 31 heavy (non-hydrogen) atoms. The molecule has 1 fully saturated rings. The van der Waals surface area contributed by atoms with E-state index in [9.17, 15) is 4.79 Å². The second-order valence-electron chi connectivity index (χ2n) is 8.44. The molecule has 0 unspecified atom stereocenters. The van der Waals surface area contributed by atoms with Crippen LogP contribution in [-0.4, -0.2) is 59.3 Å². The minimum Gasteiger partial charge on any atom is -0.485 e. The van der Waals surface area contributed by atoms with Gasteiger partial charge in [-0.1, -0.05) is 12.1 Å². The molecule has 0 radical (unpaired) electrons. The van der Waals surface area contributed by atoms with Crippen LogP contribution in [0.15, 0.2) is 24.5 Å². The van der Waals surface area contributed by atoms with Crippen LogP contribution in [0, 0.1) is 13.8 Å². The maximum Gasteiger partial charge on any atom is 0.410 e. The molecule has 0 saturated carbocycles. The Morgan fingerprint density at radius 1 is 1.19 bits per heavy atom. The van der Waals surface area contributed by atoms with Crippen molar-refractivity contribution in [3.05, 3.63) is 35.7 Å². The molecular weight excluding hydrogens is 394 g/mol. The fraction of sp³-hybridized carbons (Fsp3) is 0.522. The monoisotopic (exact) mass is 425 g/mol. The Balaban J connectivity index is 1.50. The fourth-order valence-electron chi connectivity index (χ4n) is 4.15. The van der Waals surface area contributed by atoms with Crippen molar-refractivity contribution in [1.82, 2.24) is 14.9 Å². The van der Waals surface area contributed by atoms with Crippen LogP contribution in [0.4, 0.5) is 22.1 Å². The number of carbonyl (C=O) groups is 1. The highest BCUT2D eigenvalue weighted by Crippen LogP contribution is 2.39. The van der Waals surface area contributed by atoms with Crippen molar-refractivity contribution in [3.8, 4) is 5.75 Å². The van der Waals surface area contributed by atoms with Gasteiger partial charge in [-0.05, 0) is 57.7 Å². The van der Waals surface area contributed by atoms with Crippen molar-refractivity contribution in [1.29, 1.82) is 0 Å². The van der Waals surface area contributed by atoms with Gasteiger partial charge in [0.1, 0.15) is 12.9 Å². The zero-order valence-corrected chi connectivity index (χ0v) is 18.7. The molecule has 0 aliphatic carbocycles. The molecule has 1 N–H and O–H groups in total. The van der Waals surface area contributed by atoms with E-state index in [2.05, 4.69) is 40.1 Å². The predicted molar refractivity (Wildman–Crippen MR) is 120 cm³/mol. The van der Waals surface area contributed by atoms with E-state index in [0.29, 0.717) is 37.3 Å². The number of piperidine rings is 1. The van der Waals surface area contributed by atoms with Gasteiger partial charge in [0, 0.05) is 24.8 Å². The average molecular weight is 426 g/mol. The molecule has 0 spiro atoms. The number of carbonyl (C=O) groups excluding carboxylic acids is 1. The Morgan fingerprint density at radius 2 is 1.97 bits per heavy atom. The van der Waals surface area contributed by atoms with Crippen molar-refractivity contribution in [2.24, 2.45) is 0 Å². The summed E-state index contributed by atoms with van der Waals surface area (Å²) in [6, 6.07) is 6.47. The molecule has 3 heterocycles. The zero-order chi connectivity index (χ0) is 22.0. The van der Waals surface area contributed by atoms with Crippen LogP contribution in [-0.2, 0) is 4.74 Å². The van der Waals surface area contributed by atoms with Crippen molar-refractivity contribution >= 4 is 23.4 Å². The van der Waals surface area contributed by atoms with Crippen LogP contribution in [0.1, 0.15) is 37.8 Å². The van der Waals surface area contributed by atoms with E-state index in [4.69, 9.17) is 9.47 Å². The summed E-state index contributed by atoms with van der Waals surface area (Å²) in [5, 5.41) is 3.43. The minimum absolute atomic E-state index is 0.101. The average Bonchev–Trinajstić information content (AvgIpc) is 2.76. The van der Waals surface area contributed by atoms with Gasteiger partial charge in [-0.15, -0.1) is 0 Å². The molecule has 8 heteroatoms. The third kappa shape index (κ3) is 4.52. The molecule has 1 saturated heterocycles. The lowest BCUT2D eigenvalue weighted by molar-refractivity contribution is 0.0687. The summed E-state index contributed by atoms with van der Waals surface area (Å²) < 4.78 is 11.3. The first-order valence-corrected chi connectivity index (χ1v) is 11.0. The number of aryl methyl sites for hydroxylation is 1. The van der Waals surface area contributed by atoms with Gasteiger partial charge in [0.15, 0.2) is 11.6 Å². The third-order valence-electron chi connectivity index (χ3n) is 5.99. The number of aromatic nitrogens is 2. The lowest BCUT2D eigenvalue weighted by atomic mass is 10.0. The zero-order valence-electron chi connectivity index (χ0n) is 18.7. The molecule has 0 bridgehead atoms. The quantitative estimate of drug-likeness (QED) is 0.792. The summed E-state index contributed by atoms with van der Waals surface area (Å²) in [6.07, 6.45) is 3.00. The number of hydrogen-bond donors (Lipinski definition) is 1. The van der Waals surface area contributed by atoms with Gasteiger partial charge in [0.2, 0.25) is 5.75 Å². The van der Waals surface area contributed by atoms with Crippen molar-refractivity contribution < 1.29 is 14.3 Å². The number of anilines is 3. The number of nitrogens with one attached hydrogen (secondary N) is 1. The molecule has 2 aromatic rings. The van der Waals surface area contributed by atoms with Crippen LogP contribution in [0.5, 0.6) is 5.75 Å². The van der Waals surface area contributed by atoms with Gasteiger partial charge < -0.3 is 24.6 Å². The van der Waals surface area contributed by atoms with E-state index in [1.54, 1.807) is 11.2 Å². The Morgan fingerprint density at radius 3 is 2.71 bits per heavy atom. The number of likely N-dealkylation sites (tertiary alicyclic amines) is 1. The Kier molecular flexibility index (Phi) is 6.15. The second kappa shape index (κ2) is 8.99. The Hall–Kier alpha value is -3.03. The number of amides is 1. The highest BCUT2D eigenvalue weighted by molar-refractivity contribution is 5.73. The SMILES string of the molecule is Cc1cccc(Nc2ncnc3c2OCCN3C2CCN(C(=O)OC(C)C)CC2)c1C. The first-order valence-electron chi connectivity index (χ1n) is 11.0. The van der Waals surface area contributed by atoms with Gasteiger partial charge in [-0.25, -0.2) is 14.8 Å². The summed E-state index contributed by atoms with van der Waals surface area (Å²) in [4.78, 5) is 25.3. The molecule has 4 rings (SSSR count). The van der Waals surface area contributed by atoms with Gasteiger partial charge in [-0.2, -0.15) is 0 Å². The maximum atomic E-state index is 12.2. The number of rotatable bonds is 4. The Bertz CT molecular complexity index is 941. The largest absolute Gasteiger partial charge is 0.485 e. The van der Waals surface area contributed by atoms with Gasteiger partial charge >= 0.3 is 6.09 Å². The lowest BCUT2D eigenvalue weighted by Crippen LogP contribution is -2.49. The molecule has 1 amide bonds. The number of nitrogens with zero attached hydrogens (tertiary/aromatic N) is 4. The highest BCUT2D eigenvalue weighted by Gasteiger charge is 2.33. The maximum absolute atomic E-state index is 12.2. The van der Waals surface area contributed by atoms with Gasteiger partial charge in [-0.3, -0.25) is 0 Å². The smallest absolute Gasteiger partial charge is 0.410 e. The van der Waals surface area contributed by atoms with Crippen molar-refractivity contribution in [2.45, 2.75) is 52.7 Å². The van der Waals surface area contributed by atoms with E-state index in [0.717, 1.165) is 30.9 Å². The molecule has 166 valence electrons. The summed E-state index contributed by atoms with van der Waals surface area (Å²) in [7, 11) is 0. The molecular formula is C23H31N5O3.